The van der Waals surface area contributed by atoms with Gasteiger partial charge in [0.15, 0.2) is 6.73 Å². The summed E-state index contributed by atoms with van der Waals surface area (Å²) in [4.78, 5) is 16.7. The first kappa shape index (κ1) is 19.6. The van der Waals surface area contributed by atoms with Crippen molar-refractivity contribution in [1.29, 1.82) is 0 Å². The van der Waals surface area contributed by atoms with E-state index in [0.29, 0.717) is 17.3 Å². The quantitative estimate of drug-likeness (QED) is 0.488. The molecule has 2 aromatic heterocycles. The Morgan fingerprint density at radius 1 is 1.13 bits per heavy atom. The molecule has 4 aromatic rings. The van der Waals surface area contributed by atoms with Crippen molar-refractivity contribution in [3.05, 3.63) is 89.2 Å². The van der Waals surface area contributed by atoms with Gasteiger partial charge in [-0.2, -0.15) is 5.10 Å². The standard InChI is InChI=1S/C20H16ClFN6O2/c21-16-3-1-2-4-18(16)30-13-28-17(9-10-24-28)19(29)25-20-23-12-27(26-20)11-14-5-7-15(22)8-6-14/h1-10,12H,11,13H2,(H,25,26,29). The van der Waals surface area contributed by atoms with Crippen LogP contribution in [0.2, 0.25) is 5.02 Å². The molecule has 1 N–H and O–H groups in total. The fraction of sp³-hybridized carbons (Fsp3) is 0.100. The summed E-state index contributed by atoms with van der Waals surface area (Å²) in [5.41, 5.74) is 1.13. The summed E-state index contributed by atoms with van der Waals surface area (Å²) in [6, 6.07) is 14.7. The third kappa shape index (κ3) is 4.64. The number of rotatable bonds is 7. The van der Waals surface area contributed by atoms with E-state index in [-0.39, 0.29) is 24.2 Å². The second-order valence-electron chi connectivity index (χ2n) is 6.27. The number of benzene rings is 2. The van der Waals surface area contributed by atoms with Gasteiger partial charge in [0.1, 0.15) is 23.6 Å². The number of halogens is 2. The molecule has 152 valence electrons. The molecule has 0 saturated carbocycles. The number of hydrogen-bond donors (Lipinski definition) is 1. The normalized spacial score (nSPS) is 10.7. The van der Waals surface area contributed by atoms with Gasteiger partial charge in [-0.15, -0.1) is 5.10 Å². The summed E-state index contributed by atoms with van der Waals surface area (Å²) in [5.74, 6) is -0.112. The predicted octanol–water partition coefficient (Wildman–Crippen LogP) is 3.60. The highest BCUT2D eigenvalue weighted by molar-refractivity contribution is 6.32. The van der Waals surface area contributed by atoms with Crippen molar-refractivity contribution in [3.8, 4) is 5.75 Å². The first-order valence-electron chi connectivity index (χ1n) is 8.93. The van der Waals surface area contributed by atoms with Gasteiger partial charge in [-0.1, -0.05) is 35.9 Å². The molecule has 0 saturated heterocycles. The smallest absolute Gasteiger partial charge is 0.276 e. The highest BCUT2D eigenvalue weighted by Crippen LogP contribution is 2.23. The maximum Gasteiger partial charge on any atom is 0.276 e. The Balaban J connectivity index is 1.39. The van der Waals surface area contributed by atoms with E-state index in [1.165, 1.54) is 29.3 Å². The van der Waals surface area contributed by atoms with Crippen LogP contribution in [0.5, 0.6) is 5.75 Å². The molecular weight excluding hydrogens is 411 g/mol. The molecule has 2 aromatic carbocycles. The summed E-state index contributed by atoms with van der Waals surface area (Å²) in [5, 5.41) is 11.4. The first-order chi connectivity index (χ1) is 14.6. The fourth-order valence-electron chi connectivity index (χ4n) is 2.69. The van der Waals surface area contributed by atoms with Crippen molar-refractivity contribution in [2.45, 2.75) is 13.3 Å². The van der Waals surface area contributed by atoms with Gasteiger partial charge in [-0.25, -0.2) is 18.7 Å². The van der Waals surface area contributed by atoms with Gasteiger partial charge in [0.25, 0.3) is 5.91 Å². The summed E-state index contributed by atoms with van der Waals surface area (Å²) in [7, 11) is 0. The average molecular weight is 427 g/mol. The van der Waals surface area contributed by atoms with Crippen LogP contribution >= 0.6 is 11.6 Å². The Labute approximate surface area is 175 Å². The van der Waals surface area contributed by atoms with Crippen molar-refractivity contribution in [1.82, 2.24) is 24.5 Å². The number of nitrogens with zero attached hydrogens (tertiary/aromatic N) is 5. The number of ether oxygens (including phenoxy) is 1. The number of amides is 1. The van der Waals surface area contributed by atoms with E-state index in [1.807, 2.05) is 0 Å². The van der Waals surface area contributed by atoms with Crippen molar-refractivity contribution in [2.75, 3.05) is 5.32 Å². The van der Waals surface area contributed by atoms with Gasteiger partial charge in [0.05, 0.1) is 11.6 Å². The highest BCUT2D eigenvalue weighted by atomic mass is 35.5. The van der Waals surface area contributed by atoms with Crippen LogP contribution in [0.15, 0.2) is 67.1 Å². The summed E-state index contributed by atoms with van der Waals surface area (Å²) >= 11 is 6.07. The number of carbonyl (C=O) groups excluding carboxylic acids is 1. The molecule has 0 unspecified atom stereocenters. The molecular formula is C20H16ClFN6O2. The lowest BCUT2D eigenvalue weighted by molar-refractivity contribution is 0.100. The first-order valence-corrected chi connectivity index (χ1v) is 9.31. The van der Waals surface area contributed by atoms with Crippen LogP contribution in [0.25, 0.3) is 0 Å². The second kappa shape index (κ2) is 8.75. The monoisotopic (exact) mass is 426 g/mol. The number of para-hydroxylation sites is 1. The van der Waals surface area contributed by atoms with E-state index < -0.39 is 5.91 Å². The third-order valence-electron chi connectivity index (χ3n) is 4.15. The molecule has 0 aliphatic rings. The molecule has 1 amide bonds. The maximum atomic E-state index is 13.0. The Bertz CT molecular complexity index is 1160. The van der Waals surface area contributed by atoms with Crippen LogP contribution in [0, 0.1) is 5.82 Å². The molecule has 0 aliphatic heterocycles. The number of anilines is 1. The van der Waals surface area contributed by atoms with Gasteiger partial charge in [0, 0.05) is 6.20 Å². The van der Waals surface area contributed by atoms with Gasteiger partial charge in [-0.3, -0.25) is 10.1 Å². The third-order valence-corrected chi connectivity index (χ3v) is 4.46. The molecule has 0 aliphatic carbocycles. The summed E-state index contributed by atoms with van der Waals surface area (Å²) in [6.45, 7) is 0.401. The topological polar surface area (TPSA) is 86.9 Å². The zero-order valence-corrected chi connectivity index (χ0v) is 16.3. The van der Waals surface area contributed by atoms with Crippen LogP contribution in [-0.4, -0.2) is 30.5 Å². The zero-order chi connectivity index (χ0) is 20.9. The number of hydrogen-bond acceptors (Lipinski definition) is 5. The Kier molecular flexibility index (Phi) is 5.71. The summed E-state index contributed by atoms with van der Waals surface area (Å²) < 4.78 is 21.6. The highest BCUT2D eigenvalue weighted by Gasteiger charge is 2.15. The van der Waals surface area contributed by atoms with Crippen molar-refractivity contribution < 1.29 is 13.9 Å². The van der Waals surface area contributed by atoms with E-state index >= 15 is 0 Å². The number of nitrogens with one attached hydrogen (secondary N) is 1. The lowest BCUT2D eigenvalue weighted by atomic mass is 10.2. The van der Waals surface area contributed by atoms with E-state index in [2.05, 4.69) is 20.5 Å². The minimum atomic E-state index is -0.435. The fourth-order valence-corrected chi connectivity index (χ4v) is 2.88. The van der Waals surface area contributed by atoms with E-state index in [0.717, 1.165) is 5.56 Å². The Morgan fingerprint density at radius 3 is 2.73 bits per heavy atom. The van der Waals surface area contributed by atoms with Gasteiger partial charge in [0.2, 0.25) is 5.95 Å². The molecule has 4 rings (SSSR count). The molecule has 0 radical (unpaired) electrons. The molecule has 0 atom stereocenters. The van der Waals surface area contributed by atoms with Gasteiger partial charge < -0.3 is 4.74 Å². The Morgan fingerprint density at radius 2 is 1.93 bits per heavy atom. The average Bonchev–Trinajstić information content (AvgIpc) is 3.38. The van der Waals surface area contributed by atoms with Gasteiger partial charge >= 0.3 is 0 Å². The molecule has 8 nitrogen and oxygen atoms in total. The van der Waals surface area contributed by atoms with Crippen LogP contribution < -0.4 is 10.1 Å². The van der Waals surface area contributed by atoms with Crippen molar-refractivity contribution >= 4 is 23.5 Å². The number of aromatic nitrogens is 5. The molecule has 0 spiro atoms. The molecule has 2 heterocycles. The predicted molar refractivity (Wildman–Crippen MR) is 108 cm³/mol. The second-order valence-corrected chi connectivity index (χ2v) is 6.67. The largest absolute Gasteiger partial charge is 0.470 e. The van der Waals surface area contributed by atoms with Crippen molar-refractivity contribution in [2.24, 2.45) is 0 Å². The molecule has 10 heteroatoms. The Hall–Kier alpha value is -3.72. The van der Waals surface area contributed by atoms with Crippen LogP contribution in [-0.2, 0) is 13.3 Å². The van der Waals surface area contributed by atoms with E-state index in [1.54, 1.807) is 47.1 Å². The maximum absolute atomic E-state index is 13.0. The summed E-state index contributed by atoms with van der Waals surface area (Å²) in [6.07, 6.45) is 2.97. The molecule has 0 bridgehead atoms. The van der Waals surface area contributed by atoms with Crippen LogP contribution in [0.4, 0.5) is 10.3 Å². The van der Waals surface area contributed by atoms with Crippen LogP contribution in [0.1, 0.15) is 16.1 Å². The lowest BCUT2D eigenvalue weighted by Gasteiger charge is -2.10. The van der Waals surface area contributed by atoms with E-state index in [4.69, 9.17) is 16.3 Å². The molecule has 30 heavy (non-hydrogen) atoms. The van der Waals surface area contributed by atoms with Crippen LogP contribution in [0.3, 0.4) is 0 Å². The minimum absolute atomic E-state index is 0.00588. The zero-order valence-electron chi connectivity index (χ0n) is 15.6. The SMILES string of the molecule is O=C(Nc1ncn(Cc2ccc(F)cc2)n1)c1ccnn1COc1ccccc1Cl. The molecule has 0 fully saturated rings. The van der Waals surface area contributed by atoms with Gasteiger partial charge in [-0.05, 0) is 35.9 Å². The number of carbonyl (C=O) groups is 1. The lowest BCUT2D eigenvalue weighted by Crippen LogP contribution is -2.20. The van der Waals surface area contributed by atoms with E-state index in [9.17, 15) is 9.18 Å². The minimum Gasteiger partial charge on any atom is -0.470 e. The van der Waals surface area contributed by atoms with Crippen molar-refractivity contribution in [3.63, 3.8) is 0 Å².